The third kappa shape index (κ3) is 3.26. The summed E-state index contributed by atoms with van der Waals surface area (Å²) < 4.78 is 0. The van der Waals surface area contributed by atoms with Gasteiger partial charge in [0.15, 0.2) is 0 Å². The van der Waals surface area contributed by atoms with E-state index in [0.29, 0.717) is 13.1 Å². The van der Waals surface area contributed by atoms with E-state index in [1.54, 1.807) is 6.07 Å². The first-order valence-corrected chi connectivity index (χ1v) is 7.23. The van der Waals surface area contributed by atoms with Crippen LogP contribution < -0.4 is 5.32 Å². The van der Waals surface area contributed by atoms with Crippen molar-refractivity contribution in [2.45, 2.75) is 30.7 Å². The number of nitrogens with zero attached hydrogens (tertiary/aromatic N) is 1. The third-order valence-electron chi connectivity index (χ3n) is 2.99. The number of hydrogen-bond acceptors (Lipinski definition) is 4. The van der Waals surface area contributed by atoms with E-state index in [1.165, 1.54) is 18.3 Å². The van der Waals surface area contributed by atoms with Crippen LogP contribution in [0.4, 0.5) is 0 Å². The largest absolute Gasteiger partial charge is 0.353 e. The maximum absolute atomic E-state index is 12.2. The molecule has 1 saturated heterocycles. The number of amides is 2. The smallest absolute Gasteiger partial charge is 0.263 e. The molecule has 0 unspecified atom stereocenters. The van der Waals surface area contributed by atoms with Crippen LogP contribution in [-0.2, 0) is 4.79 Å². The molecule has 1 aliphatic heterocycles. The summed E-state index contributed by atoms with van der Waals surface area (Å²) in [6.45, 7) is 2.92. The van der Waals surface area contributed by atoms with E-state index in [9.17, 15) is 9.59 Å². The fourth-order valence-corrected chi connectivity index (χ4v) is 3.22. The Balaban J connectivity index is 1.90. The Labute approximate surface area is 116 Å². The molecule has 4 nitrogen and oxygen atoms in total. The van der Waals surface area contributed by atoms with Crippen molar-refractivity contribution < 1.29 is 9.59 Å². The predicted molar refractivity (Wildman–Crippen MR) is 74.3 cm³/mol. The number of carbonyl (C=O) groups excluding carboxylic acids is 2. The Bertz CT molecular complexity index is 451. The number of hydrogen-bond donors (Lipinski definition) is 2. The SMILES string of the molecule is CC(=O)NC1CCN(C(=O)c2cc(S)cs2)CC1. The standard InChI is InChI=1S/C12H16N2O2S2/c1-8(15)13-9-2-4-14(5-3-9)12(16)11-6-10(17)7-18-11/h6-7,9,17H,2-5H2,1H3,(H,13,15). The monoisotopic (exact) mass is 284 g/mol. The van der Waals surface area contributed by atoms with E-state index in [2.05, 4.69) is 17.9 Å². The van der Waals surface area contributed by atoms with Gasteiger partial charge in [-0.05, 0) is 18.9 Å². The van der Waals surface area contributed by atoms with Gasteiger partial charge >= 0.3 is 0 Å². The normalized spacial score (nSPS) is 16.7. The highest BCUT2D eigenvalue weighted by molar-refractivity contribution is 7.80. The number of carbonyl (C=O) groups is 2. The van der Waals surface area contributed by atoms with Crippen LogP contribution in [0.5, 0.6) is 0 Å². The van der Waals surface area contributed by atoms with Gasteiger partial charge in [-0.15, -0.1) is 24.0 Å². The third-order valence-corrected chi connectivity index (χ3v) is 4.34. The number of rotatable bonds is 2. The van der Waals surface area contributed by atoms with Crippen molar-refractivity contribution in [3.63, 3.8) is 0 Å². The Hall–Kier alpha value is -1.01. The highest BCUT2D eigenvalue weighted by Crippen LogP contribution is 2.21. The summed E-state index contributed by atoms with van der Waals surface area (Å²) in [5.74, 6) is 0.0688. The molecule has 1 aromatic heterocycles. The highest BCUT2D eigenvalue weighted by Gasteiger charge is 2.24. The quantitative estimate of drug-likeness (QED) is 0.813. The Morgan fingerprint density at radius 2 is 2.11 bits per heavy atom. The summed E-state index contributed by atoms with van der Waals surface area (Å²) in [6, 6.07) is 2.01. The fraction of sp³-hybridized carbons (Fsp3) is 0.500. The molecule has 0 radical (unpaired) electrons. The van der Waals surface area contributed by atoms with Crippen LogP contribution in [0, 0.1) is 0 Å². The average molecular weight is 284 g/mol. The number of likely N-dealkylation sites (tertiary alicyclic amines) is 1. The Morgan fingerprint density at radius 1 is 1.44 bits per heavy atom. The van der Waals surface area contributed by atoms with Crippen LogP contribution in [-0.4, -0.2) is 35.8 Å². The number of nitrogens with one attached hydrogen (secondary N) is 1. The van der Waals surface area contributed by atoms with Crippen molar-refractivity contribution in [3.8, 4) is 0 Å². The Morgan fingerprint density at radius 3 is 2.61 bits per heavy atom. The molecule has 0 saturated carbocycles. The van der Waals surface area contributed by atoms with Crippen LogP contribution in [0.1, 0.15) is 29.4 Å². The number of thiophene rings is 1. The lowest BCUT2D eigenvalue weighted by atomic mass is 10.0. The molecule has 1 N–H and O–H groups in total. The maximum atomic E-state index is 12.2. The summed E-state index contributed by atoms with van der Waals surface area (Å²) >= 11 is 5.63. The lowest BCUT2D eigenvalue weighted by Crippen LogP contribution is -2.45. The first-order chi connectivity index (χ1) is 8.56. The number of piperidine rings is 1. The van der Waals surface area contributed by atoms with E-state index >= 15 is 0 Å². The fourth-order valence-electron chi connectivity index (χ4n) is 2.11. The minimum Gasteiger partial charge on any atom is -0.353 e. The van der Waals surface area contributed by atoms with Crippen LogP contribution in [0.3, 0.4) is 0 Å². The van der Waals surface area contributed by atoms with E-state index in [4.69, 9.17) is 0 Å². The molecule has 1 fully saturated rings. The van der Waals surface area contributed by atoms with Gasteiger partial charge in [0.25, 0.3) is 5.91 Å². The minimum atomic E-state index is -0.00208. The molecular formula is C12H16N2O2S2. The molecule has 2 amide bonds. The second-order valence-electron chi connectivity index (χ2n) is 4.44. The molecule has 2 rings (SSSR count). The lowest BCUT2D eigenvalue weighted by Gasteiger charge is -2.31. The van der Waals surface area contributed by atoms with Gasteiger partial charge in [0.2, 0.25) is 5.91 Å². The summed E-state index contributed by atoms with van der Waals surface area (Å²) in [5, 5.41) is 4.76. The zero-order valence-corrected chi connectivity index (χ0v) is 11.9. The highest BCUT2D eigenvalue weighted by atomic mass is 32.1. The van der Waals surface area contributed by atoms with Gasteiger partial charge in [0.1, 0.15) is 0 Å². The van der Waals surface area contributed by atoms with Gasteiger partial charge in [0.05, 0.1) is 4.88 Å². The molecule has 6 heteroatoms. The van der Waals surface area contributed by atoms with Crippen LogP contribution in [0.2, 0.25) is 0 Å². The summed E-state index contributed by atoms with van der Waals surface area (Å²) in [6.07, 6.45) is 1.65. The summed E-state index contributed by atoms with van der Waals surface area (Å²) in [7, 11) is 0. The Kier molecular flexibility index (Phi) is 4.29. The predicted octanol–water partition coefficient (Wildman–Crippen LogP) is 1.78. The summed E-state index contributed by atoms with van der Waals surface area (Å²) in [5.41, 5.74) is 0. The van der Waals surface area contributed by atoms with E-state index in [0.717, 1.165) is 22.6 Å². The van der Waals surface area contributed by atoms with E-state index in [-0.39, 0.29) is 17.9 Å². The second kappa shape index (κ2) is 5.75. The molecular weight excluding hydrogens is 268 g/mol. The van der Waals surface area contributed by atoms with Crippen LogP contribution >= 0.6 is 24.0 Å². The zero-order chi connectivity index (χ0) is 13.1. The van der Waals surface area contributed by atoms with E-state index in [1.807, 2.05) is 10.3 Å². The molecule has 2 heterocycles. The average Bonchev–Trinajstić information content (AvgIpc) is 2.75. The van der Waals surface area contributed by atoms with Crippen LogP contribution in [0.25, 0.3) is 0 Å². The van der Waals surface area contributed by atoms with Crippen molar-refractivity contribution in [1.29, 1.82) is 0 Å². The molecule has 1 aliphatic rings. The lowest BCUT2D eigenvalue weighted by molar-refractivity contribution is -0.119. The van der Waals surface area contributed by atoms with Gasteiger partial charge in [-0.2, -0.15) is 0 Å². The van der Waals surface area contributed by atoms with Gasteiger partial charge in [-0.1, -0.05) is 0 Å². The van der Waals surface area contributed by atoms with Crippen LogP contribution in [0.15, 0.2) is 16.3 Å². The first-order valence-electron chi connectivity index (χ1n) is 5.90. The van der Waals surface area contributed by atoms with Gasteiger partial charge in [-0.25, -0.2) is 0 Å². The molecule has 0 bridgehead atoms. The molecule has 18 heavy (non-hydrogen) atoms. The molecule has 0 aromatic carbocycles. The van der Waals surface area contributed by atoms with E-state index < -0.39 is 0 Å². The molecule has 0 aliphatic carbocycles. The first kappa shape index (κ1) is 13.4. The zero-order valence-electron chi connectivity index (χ0n) is 10.2. The topological polar surface area (TPSA) is 49.4 Å². The van der Waals surface area contributed by atoms with Crippen molar-refractivity contribution in [3.05, 3.63) is 16.3 Å². The van der Waals surface area contributed by atoms with Crippen molar-refractivity contribution >= 4 is 35.8 Å². The molecule has 1 aromatic rings. The maximum Gasteiger partial charge on any atom is 0.263 e. The van der Waals surface area contributed by atoms with Gasteiger partial charge in [-0.3, -0.25) is 9.59 Å². The van der Waals surface area contributed by atoms with Gasteiger partial charge in [0, 0.05) is 36.3 Å². The van der Waals surface area contributed by atoms with Crippen molar-refractivity contribution in [1.82, 2.24) is 10.2 Å². The van der Waals surface area contributed by atoms with Gasteiger partial charge < -0.3 is 10.2 Å². The minimum absolute atomic E-state index is 0.00208. The summed E-state index contributed by atoms with van der Waals surface area (Å²) in [4.78, 5) is 26.5. The molecule has 0 spiro atoms. The van der Waals surface area contributed by atoms with Crippen molar-refractivity contribution in [2.75, 3.05) is 13.1 Å². The number of thiol groups is 1. The van der Waals surface area contributed by atoms with Crippen molar-refractivity contribution in [2.24, 2.45) is 0 Å². The molecule has 0 atom stereocenters. The second-order valence-corrected chi connectivity index (χ2v) is 5.86. The molecule has 98 valence electrons.